The fraction of sp³-hybridized carbons (Fsp3) is 0.556. The van der Waals surface area contributed by atoms with Gasteiger partial charge in [0.1, 0.15) is 15.7 Å². The number of nitrogens with zero attached hydrogens (tertiary/aromatic N) is 2. The molecule has 0 saturated heterocycles. The Morgan fingerprint density at radius 2 is 2.20 bits per heavy atom. The van der Waals surface area contributed by atoms with Gasteiger partial charge in [0, 0.05) is 18.5 Å². The van der Waals surface area contributed by atoms with Gasteiger partial charge in [0.2, 0.25) is 0 Å². The van der Waals surface area contributed by atoms with Crippen LogP contribution >= 0.6 is 0 Å². The van der Waals surface area contributed by atoms with Crippen LogP contribution in [0.4, 0.5) is 0 Å². The van der Waals surface area contributed by atoms with Gasteiger partial charge in [-0.1, -0.05) is 0 Å². The summed E-state index contributed by atoms with van der Waals surface area (Å²) in [5.41, 5.74) is 6.50. The van der Waals surface area contributed by atoms with Crippen LogP contribution in [-0.2, 0) is 9.84 Å². The maximum atomic E-state index is 10.9. The highest BCUT2D eigenvalue weighted by Crippen LogP contribution is 2.11. The van der Waals surface area contributed by atoms with Crippen molar-refractivity contribution >= 4 is 9.84 Å². The molecule has 0 saturated carbocycles. The maximum Gasteiger partial charge on any atom is 0.147 e. The zero-order valence-corrected chi connectivity index (χ0v) is 9.66. The van der Waals surface area contributed by atoms with Crippen molar-refractivity contribution in [2.75, 3.05) is 12.0 Å². The minimum atomic E-state index is -2.96. The standard InChI is InChI=1S/C9H15N3O2S/c1-7-11-5-3-9(12-7)8(10)4-6-15(2,13)14/h3,5,8H,4,6,10H2,1-2H3. The Kier molecular flexibility index (Phi) is 3.76. The van der Waals surface area contributed by atoms with Crippen LogP contribution in [0, 0.1) is 6.92 Å². The minimum Gasteiger partial charge on any atom is -0.323 e. The van der Waals surface area contributed by atoms with Crippen LogP contribution in [0.3, 0.4) is 0 Å². The average molecular weight is 229 g/mol. The molecule has 0 aliphatic carbocycles. The third kappa shape index (κ3) is 4.35. The van der Waals surface area contributed by atoms with E-state index in [1.54, 1.807) is 19.2 Å². The molecule has 84 valence electrons. The van der Waals surface area contributed by atoms with E-state index in [1.807, 2.05) is 0 Å². The van der Waals surface area contributed by atoms with Gasteiger partial charge in [0.25, 0.3) is 0 Å². The lowest BCUT2D eigenvalue weighted by Crippen LogP contribution is -2.17. The molecule has 0 amide bonds. The monoisotopic (exact) mass is 229 g/mol. The van der Waals surface area contributed by atoms with Crippen LogP contribution < -0.4 is 5.73 Å². The quantitative estimate of drug-likeness (QED) is 0.798. The lowest BCUT2D eigenvalue weighted by molar-refractivity contribution is 0.589. The largest absolute Gasteiger partial charge is 0.323 e. The first-order chi connectivity index (χ1) is 6.88. The van der Waals surface area contributed by atoms with Crippen LogP contribution in [0.25, 0.3) is 0 Å². The summed E-state index contributed by atoms with van der Waals surface area (Å²) in [6.45, 7) is 1.77. The van der Waals surface area contributed by atoms with Gasteiger partial charge in [-0.25, -0.2) is 18.4 Å². The number of aromatic nitrogens is 2. The van der Waals surface area contributed by atoms with Gasteiger partial charge >= 0.3 is 0 Å². The highest BCUT2D eigenvalue weighted by Gasteiger charge is 2.11. The van der Waals surface area contributed by atoms with Gasteiger partial charge in [0.15, 0.2) is 0 Å². The first kappa shape index (κ1) is 12.1. The number of rotatable bonds is 4. The summed E-state index contributed by atoms with van der Waals surface area (Å²) < 4.78 is 21.9. The van der Waals surface area contributed by atoms with Gasteiger partial charge < -0.3 is 5.73 Å². The van der Waals surface area contributed by atoms with E-state index in [4.69, 9.17) is 5.73 Å². The smallest absolute Gasteiger partial charge is 0.147 e. The van der Waals surface area contributed by atoms with E-state index in [9.17, 15) is 8.42 Å². The molecule has 6 heteroatoms. The molecule has 0 aliphatic heterocycles. The molecule has 1 unspecified atom stereocenters. The zero-order valence-electron chi connectivity index (χ0n) is 8.84. The predicted octanol–water partition coefficient (Wildman–Crippen LogP) is 0.220. The highest BCUT2D eigenvalue weighted by molar-refractivity contribution is 7.90. The van der Waals surface area contributed by atoms with Crippen molar-refractivity contribution in [1.29, 1.82) is 0 Å². The van der Waals surface area contributed by atoms with E-state index in [-0.39, 0.29) is 11.8 Å². The van der Waals surface area contributed by atoms with Crippen molar-refractivity contribution in [2.45, 2.75) is 19.4 Å². The molecule has 1 atom stereocenters. The lowest BCUT2D eigenvalue weighted by atomic mass is 10.1. The van der Waals surface area contributed by atoms with Crippen molar-refractivity contribution < 1.29 is 8.42 Å². The van der Waals surface area contributed by atoms with Crippen LogP contribution in [0.15, 0.2) is 12.3 Å². The fourth-order valence-electron chi connectivity index (χ4n) is 1.17. The molecular weight excluding hydrogens is 214 g/mol. The van der Waals surface area contributed by atoms with E-state index in [0.29, 0.717) is 17.9 Å². The minimum absolute atomic E-state index is 0.0806. The van der Waals surface area contributed by atoms with Crippen molar-refractivity contribution in [3.8, 4) is 0 Å². The second-order valence-electron chi connectivity index (χ2n) is 3.55. The molecule has 2 N–H and O–H groups in total. The molecule has 1 rings (SSSR count). The first-order valence-corrected chi connectivity index (χ1v) is 6.67. The number of hydrogen-bond donors (Lipinski definition) is 1. The van der Waals surface area contributed by atoms with Gasteiger partial charge in [0.05, 0.1) is 11.4 Å². The van der Waals surface area contributed by atoms with Gasteiger partial charge in [-0.15, -0.1) is 0 Å². The van der Waals surface area contributed by atoms with Crippen molar-refractivity contribution in [3.05, 3.63) is 23.8 Å². The number of sulfone groups is 1. The highest BCUT2D eigenvalue weighted by atomic mass is 32.2. The Hall–Kier alpha value is -1.01. The van der Waals surface area contributed by atoms with Gasteiger partial charge in [-0.3, -0.25) is 0 Å². The molecule has 0 bridgehead atoms. The summed E-state index contributed by atoms with van der Waals surface area (Å²) in [5, 5.41) is 0. The normalized spacial score (nSPS) is 13.8. The third-order valence-corrected chi connectivity index (χ3v) is 2.95. The summed E-state index contributed by atoms with van der Waals surface area (Å²) in [5.74, 6) is 0.722. The Balaban J connectivity index is 2.65. The van der Waals surface area contributed by atoms with Gasteiger partial charge in [-0.2, -0.15) is 0 Å². The molecule has 15 heavy (non-hydrogen) atoms. The SMILES string of the molecule is Cc1nccc(C(N)CCS(C)(=O)=O)n1. The van der Waals surface area contributed by atoms with Crippen molar-refractivity contribution in [1.82, 2.24) is 9.97 Å². The molecule has 1 aromatic heterocycles. The molecule has 0 aromatic carbocycles. The van der Waals surface area contributed by atoms with Gasteiger partial charge in [-0.05, 0) is 19.4 Å². The predicted molar refractivity (Wildman–Crippen MR) is 58.0 cm³/mol. The summed E-state index contributed by atoms with van der Waals surface area (Å²) in [6.07, 6.45) is 3.21. The fourth-order valence-corrected chi connectivity index (χ4v) is 1.85. The Labute approximate surface area is 89.7 Å². The molecule has 1 heterocycles. The molecule has 0 spiro atoms. The first-order valence-electron chi connectivity index (χ1n) is 4.61. The van der Waals surface area contributed by atoms with E-state index in [1.165, 1.54) is 6.26 Å². The van der Waals surface area contributed by atoms with Crippen molar-refractivity contribution in [2.24, 2.45) is 5.73 Å². The number of nitrogens with two attached hydrogens (primary N) is 1. The second-order valence-corrected chi connectivity index (χ2v) is 5.81. The van der Waals surface area contributed by atoms with E-state index < -0.39 is 9.84 Å². The zero-order chi connectivity index (χ0) is 11.5. The van der Waals surface area contributed by atoms with Crippen LogP contribution in [0.2, 0.25) is 0 Å². The Morgan fingerprint density at radius 1 is 1.53 bits per heavy atom. The third-order valence-electron chi connectivity index (χ3n) is 1.98. The van der Waals surface area contributed by atoms with Crippen LogP contribution in [0.5, 0.6) is 0 Å². The Morgan fingerprint density at radius 3 is 2.73 bits per heavy atom. The number of hydrogen-bond acceptors (Lipinski definition) is 5. The average Bonchev–Trinajstić information content (AvgIpc) is 2.13. The lowest BCUT2D eigenvalue weighted by Gasteiger charge is -2.10. The van der Waals surface area contributed by atoms with Crippen LogP contribution in [-0.4, -0.2) is 30.4 Å². The Bertz CT molecular complexity index is 431. The molecule has 1 aromatic rings. The summed E-state index contributed by atoms with van der Waals surface area (Å²) in [7, 11) is -2.96. The van der Waals surface area contributed by atoms with E-state index in [0.717, 1.165) is 0 Å². The topological polar surface area (TPSA) is 85.9 Å². The van der Waals surface area contributed by atoms with E-state index in [2.05, 4.69) is 9.97 Å². The molecule has 0 radical (unpaired) electrons. The molecule has 5 nitrogen and oxygen atoms in total. The molecule has 0 fully saturated rings. The number of aryl methyl sites for hydroxylation is 1. The molecule has 0 aliphatic rings. The molecular formula is C9H15N3O2S. The summed E-state index contributed by atoms with van der Waals surface area (Å²) >= 11 is 0. The van der Waals surface area contributed by atoms with Crippen LogP contribution in [0.1, 0.15) is 24.0 Å². The van der Waals surface area contributed by atoms with Crippen molar-refractivity contribution in [3.63, 3.8) is 0 Å². The van der Waals surface area contributed by atoms with E-state index >= 15 is 0 Å². The summed E-state index contributed by atoms with van der Waals surface area (Å²) in [6, 6.07) is 1.36. The second kappa shape index (κ2) is 4.67. The maximum absolute atomic E-state index is 10.9. The summed E-state index contributed by atoms with van der Waals surface area (Å²) in [4.78, 5) is 8.09.